The van der Waals surface area contributed by atoms with Crippen LogP contribution in [-0.2, 0) is 11.3 Å². The molecule has 4 rings (SSSR count). The van der Waals surface area contributed by atoms with Crippen molar-refractivity contribution >= 4 is 5.97 Å². The largest absolute Gasteiger partial charge is 0.454 e. The first-order chi connectivity index (χ1) is 14.4. The molecule has 30 heavy (non-hydrogen) atoms. The fourth-order valence-corrected chi connectivity index (χ4v) is 3.07. The van der Waals surface area contributed by atoms with Crippen LogP contribution in [0.1, 0.15) is 33.2 Å². The van der Waals surface area contributed by atoms with Crippen molar-refractivity contribution in [3.8, 4) is 17.1 Å². The number of aryl methyl sites for hydroxylation is 2. The summed E-state index contributed by atoms with van der Waals surface area (Å²) in [4.78, 5) is 17.0. The molecule has 0 unspecified atom stereocenters. The van der Waals surface area contributed by atoms with Gasteiger partial charge in [-0.15, -0.1) is 5.10 Å². The number of halogens is 1. The molecule has 0 aliphatic rings. The Morgan fingerprint density at radius 1 is 1.13 bits per heavy atom. The summed E-state index contributed by atoms with van der Waals surface area (Å²) < 4.78 is 25.9. The highest BCUT2D eigenvalue weighted by atomic mass is 19.1. The van der Waals surface area contributed by atoms with Crippen LogP contribution in [0.2, 0.25) is 0 Å². The van der Waals surface area contributed by atoms with E-state index in [9.17, 15) is 9.18 Å². The van der Waals surface area contributed by atoms with Gasteiger partial charge in [0.25, 0.3) is 0 Å². The number of aromatic nitrogens is 4. The van der Waals surface area contributed by atoms with E-state index in [4.69, 9.17) is 9.15 Å². The second-order valence-corrected chi connectivity index (χ2v) is 6.83. The highest BCUT2D eigenvalue weighted by molar-refractivity contribution is 5.88. The third-order valence-electron chi connectivity index (χ3n) is 4.73. The predicted octanol–water partition coefficient (Wildman–Crippen LogP) is 4.34. The number of ether oxygens (including phenoxy) is 1. The van der Waals surface area contributed by atoms with Crippen molar-refractivity contribution < 1.29 is 18.3 Å². The van der Waals surface area contributed by atoms with Crippen LogP contribution in [0.4, 0.5) is 4.39 Å². The summed E-state index contributed by atoms with van der Waals surface area (Å²) in [6, 6.07) is 13.8. The van der Waals surface area contributed by atoms with Crippen LogP contribution in [0, 0.1) is 26.6 Å². The number of benzene rings is 2. The van der Waals surface area contributed by atoms with Gasteiger partial charge in [-0.3, -0.25) is 0 Å². The van der Waals surface area contributed by atoms with Gasteiger partial charge >= 0.3 is 5.97 Å². The van der Waals surface area contributed by atoms with Gasteiger partial charge in [0.2, 0.25) is 5.89 Å². The lowest BCUT2D eigenvalue weighted by Crippen LogP contribution is -2.09. The van der Waals surface area contributed by atoms with Gasteiger partial charge in [-0.1, -0.05) is 23.4 Å². The Morgan fingerprint density at radius 3 is 2.63 bits per heavy atom. The average Bonchev–Trinajstić information content (AvgIpc) is 3.30. The smallest absolute Gasteiger partial charge is 0.361 e. The van der Waals surface area contributed by atoms with E-state index in [1.165, 1.54) is 16.8 Å². The molecule has 0 atom stereocenters. The quantitative estimate of drug-likeness (QED) is 0.459. The molecule has 0 saturated heterocycles. The number of oxazole rings is 1. The van der Waals surface area contributed by atoms with Crippen molar-refractivity contribution in [2.24, 2.45) is 0 Å². The number of hydrogen-bond acceptors (Lipinski definition) is 6. The Bertz CT molecular complexity index is 1210. The number of nitrogens with zero attached hydrogens (tertiary/aromatic N) is 4. The predicted molar refractivity (Wildman–Crippen MR) is 107 cm³/mol. The summed E-state index contributed by atoms with van der Waals surface area (Å²) in [6.07, 6.45) is 0. The van der Waals surface area contributed by atoms with E-state index in [1.807, 2.05) is 30.3 Å². The maximum absolute atomic E-state index is 13.4. The molecule has 0 aliphatic carbocycles. The van der Waals surface area contributed by atoms with Crippen molar-refractivity contribution in [2.45, 2.75) is 27.4 Å². The summed E-state index contributed by atoms with van der Waals surface area (Å²) in [6.45, 7) is 5.17. The Balaban J connectivity index is 1.50. The number of carbonyl (C=O) groups is 1. The van der Waals surface area contributed by atoms with E-state index in [2.05, 4.69) is 15.3 Å². The van der Waals surface area contributed by atoms with E-state index in [0.29, 0.717) is 34.3 Å². The van der Waals surface area contributed by atoms with Gasteiger partial charge in [0.15, 0.2) is 5.69 Å². The van der Waals surface area contributed by atoms with E-state index in [0.717, 1.165) is 5.56 Å². The molecule has 2 heterocycles. The summed E-state index contributed by atoms with van der Waals surface area (Å²) in [7, 11) is 0. The van der Waals surface area contributed by atoms with Gasteiger partial charge in [0.1, 0.15) is 23.9 Å². The standard InChI is InChI=1S/C22H19FN4O3/c1-13-11-17(23)9-10-19(13)27-14(2)20(25-26-27)22(28)29-12-18-15(3)30-21(24-18)16-7-5-4-6-8-16/h4-11H,12H2,1-3H3. The maximum Gasteiger partial charge on any atom is 0.361 e. The minimum absolute atomic E-state index is 0.0527. The Kier molecular flexibility index (Phi) is 5.14. The van der Waals surface area contributed by atoms with E-state index < -0.39 is 5.97 Å². The monoisotopic (exact) mass is 406 g/mol. The normalized spacial score (nSPS) is 10.9. The van der Waals surface area contributed by atoms with Crippen LogP contribution in [-0.4, -0.2) is 25.9 Å². The molecule has 0 amide bonds. The first-order valence-electron chi connectivity index (χ1n) is 9.31. The third kappa shape index (κ3) is 3.71. The van der Waals surface area contributed by atoms with Crippen molar-refractivity contribution in [3.63, 3.8) is 0 Å². The van der Waals surface area contributed by atoms with Gasteiger partial charge in [-0.2, -0.15) is 0 Å². The molecule has 152 valence electrons. The third-order valence-corrected chi connectivity index (χ3v) is 4.73. The molecule has 4 aromatic rings. The van der Waals surface area contributed by atoms with Crippen LogP contribution in [0.25, 0.3) is 17.1 Å². The van der Waals surface area contributed by atoms with Crippen LogP contribution < -0.4 is 0 Å². The van der Waals surface area contributed by atoms with Crippen molar-refractivity contribution in [1.82, 2.24) is 20.0 Å². The second kappa shape index (κ2) is 7.90. The van der Waals surface area contributed by atoms with Crippen molar-refractivity contribution in [1.29, 1.82) is 0 Å². The molecule has 7 nitrogen and oxygen atoms in total. The first kappa shape index (κ1) is 19.5. The van der Waals surface area contributed by atoms with Gasteiger partial charge < -0.3 is 9.15 Å². The fraction of sp³-hybridized carbons (Fsp3) is 0.182. The Hall–Kier alpha value is -3.81. The molecular formula is C22H19FN4O3. The Morgan fingerprint density at radius 2 is 1.90 bits per heavy atom. The second-order valence-electron chi connectivity index (χ2n) is 6.83. The van der Waals surface area contributed by atoms with Crippen LogP contribution in [0.3, 0.4) is 0 Å². The van der Waals surface area contributed by atoms with E-state index in [1.54, 1.807) is 26.8 Å². The zero-order chi connectivity index (χ0) is 21.3. The summed E-state index contributed by atoms with van der Waals surface area (Å²) in [5.74, 6) is 0.0747. The molecule has 0 fully saturated rings. The molecular weight excluding hydrogens is 387 g/mol. The topological polar surface area (TPSA) is 83.0 Å². The molecule has 0 radical (unpaired) electrons. The zero-order valence-corrected chi connectivity index (χ0v) is 16.7. The minimum Gasteiger partial charge on any atom is -0.454 e. The molecule has 2 aromatic heterocycles. The van der Waals surface area contributed by atoms with Crippen LogP contribution in [0.15, 0.2) is 52.9 Å². The number of esters is 1. The molecule has 0 aliphatic heterocycles. The summed E-state index contributed by atoms with van der Waals surface area (Å²) in [5, 5.41) is 7.97. The summed E-state index contributed by atoms with van der Waals surface area (Å²) in [5.41, 5.74) is 3.27. The Labute approximate surface area is 172 Å². The number of hydrogen-bond donors (Lipinski definition) is 0. The molecule has 0 bridgehead atoms. The van der Waals surface area contributed by atoms with Gasteiger partial charge in [-0.25, -0.2) is 18.9 Å². The molecule has 0 saturated carbocycles. The van der Waals surface area contributed by atoms with Gasteiger partial charge in [-0.05, 0) is 56.7 Å². The number of rotatable bonds is 5. The lowest BCUT2D eigenvalue weighted by molar-refractivity contribution is 0.0459. The first-order valence-corrected chi connectivity index (χ1v) is 9.31. The number of carbonyl (C=O) groups excluding carboxylic acids is 1. The molecule has 0 N–H and O–H groups in total. The molecule has 2 aromatic carbocycles. The van der Waals surface area contributed by atoms with E-state index in [-0.39, 0.29) is 18.1 Å². The lowest BCUT2D eigenvalue weighted by Gasteiger charge is -2.07. The maximum atomic E-state index is 13.4. The van der Waals surface area contributed by atoms with Crippen molar-refractivity contribution in [2.75, 3.05) is 0 Å². The lowest BCUT2D eigenvalue weighted by atomic mass is 10.2. The van der Waals surface area contributed by atoms with Crippen molar-refractivity contribution in [3.05, 3.63) is 82.8 Å². The fourth-order valence-electron chi connectivity index (χ4n) is 3.07. The zero-order valence-electron chi connectivity index (χ0n) is 16.7. The van der Waals surface area contributed by atoms with Gasteiger partial charge in [0, 0.05) is 5.56 Å². The SMILES string of the molecule is Cc1cc(F)ccc1-n1nnc(C(=O)OCc2nc(-c3ccccc3)oc2C)c1C. The van der Waals surface area contributed by atoms with E-state index >= 15 is 0 Å². The summed E-state index contributed by atoms with van der Waals surface area (Å²) >= 11 is 0. The minimum atomic E-state index is -0.623. The van der Waals surface area contributed by atoms with Crippen LogP contribution in [0.5, 0.6) is 0 Å². The average molecular weight is 406 g/mol. The molecule has 0 spiro atoms. The molecule has 8 heteroatoms. The highest BCUT2D eigenvalue weighted by Crippen LogP contribution is 2.22. The van der Waals surface area contributed by atoms with Crippen LogP contribution >= 0.6 is 0 Å². The highest BCUT2D eigenvalue weighted by Gasteiger charge is 2.21. The van der Waals surface area contributed by atoms with Gasteiger partial charge in [0.05, 0.1) is 11.4 Å².